The lowest BCUT2D eigenvalue weighted by molar-refractivity contribution is -0.0999. The van der Waals surface area contributed by atoms with Gasteiger partial charge in [-0.05, 0) is 86.3 Å². The summed E-state index contributed by atoms with van der Waals surface area (Å²) in [5.74, 6) is 1.82. The molecular formula is C28H38O7. The van der Waals surface area contributed by atoms with Crippen LogP contribution in [0.5, 0.6) is 28.7 Å². The second kappa shape index (κ2) is 11.4. The number of aromatic hydroxyl groups is 2. The van der Waals surface area contributed by atoms with E-state index in [-0.39, 0.29) is 29.8 Å². The molecule has 1 saturated carbocycles. The Morgan fingerprint density at radius 1 is 0.971 bits per heavy atom. The van der Waals surface area contributed by atoms with Crippen molar-refractivity contribution in [2.24, 2.45) is 5.92 Å². The molecular weight excluding hydrogens is 448 g/mol. The summed E-state index contributed by atoms with van der Waals surface area (Å²) in [7, 11) is 3.06. The van der Waals surface area contributed by atoms with Crippen molar-refractivity contribution in [3.05, 3.63) is 41.5 Å². The Kier molecular flexibility index (Phi) is 8.29. The minimum absolute atomic E-state index is 0.00666. The Balaban J connectivity index is 1.49. The molecule has 0 amide bonds. The van der Waals surface area contributed by atoms with Crippen molar-refractivity contribution in [1.29, 1.82) is 0 Å². The molecule has 1 heterocycles. The number of hydrogen-bond donors (Lipinski definition) is 3. The van der Waals surface area contributed by atoms with Crippen LogP contribution in [0.25, 0.3) is 0 Å². The Morgan fingerprint density at radius 2 is 1.74 bits per heavy atom. The maximum atomic E-state index is 10.7. The Labute approximate surface area is 207 Å². The van der Waals surface area contributed by atoms with Gasteiger partial charge in [-0.15, -0.1) is 0 Å². The summed E-state index contributed by atoms with van der Waals surface area (Å²) < 4.78 is 23.4. The fraction of sp³-hybridized carbons (Fsp3) is 0.571. The molecule has 0 bridgehead atoms. The Morgan fingerprint density at radius 3 is 2.49 bits per heavy atom. The van der Waals surface area contributed by atoms with Gasteiger partial charge in [0.2, 0.25) is 5.75 Å². The normalized spacial score (nSPS) is 26.5. The van der Waals surface area contributed by atoms with Crippen LogP contribution in [0.1, 0.15) is 69.1 Å². The molecule has 5 atom stereocenters. The lowest BCUT2D eigenvalue weighted by atomic mass is 9.93. The van der Waals surface area contributed by atoms with Gasteiger partial charge in [0, 0.05) is 6.42 Å². The number of aliphatic hydroxyl groups excluding tert-OH is 1. The van der Waals surface area contributed by atoms with Crippen molar-refractivity contribution in [3.63, 3.8) is 0 Å². The average molecular weight is 487 g/mol. The molecule has 5 unspecified atom stereocenters. The van der Waals surface area contributed by atoms with E-state index in [0.717, 1.165) is 49.7 Å². The number of hydrogen-bond acceptors (Lipinski definition) is 7. The molecule has 1 aliphatic heterocycles. The summed E-state index contributed by atoms with van der Waals surface area (Å²) >= 11 is 0. The minimum atomic E-state index is -0.489. The third kappa shape index (κ3) is 5.96. The highest BCUT2D eigenvalue weighted by atomic mass is 16.5. The summed E-state index contributed by atoms with van der Waals surface area (Å²) in [5, 5.41) is 31.2. The van der Waals surface area contributed by atoms with E-state index < -0.39 is 6.10 Å². The second-order valence-corrected chi connectivity index (χ2v) is 9.74. The molecule has 7 heteroatoms. The topological polar surface area (TPSA) is 97.6 Å². The third-order valence-corrected chi connectivity index (χ3v) is 7.42. The second-order valence-electron chi connectivity index (χ2n) is 9.74. The van der Waals surface area contributed by atoms with Crippen LogP contribution in [0.3, 0.4) is 0 Å². The number of benzene rings is 2. The van der Waals surface area contributed by atoms with Crippen molar-refractivity contribution < 1.29 is 34.3 Å². The molecule has 2 aromatic rings. The number of rotatable bonds is 9. The first-order valence-corrected chi connectivity index (χ1v) is 12.7. The zero-order valence-corrected chi connectivity index (χ0v) is 20.9. The Bertz CT molecular complexity index is 992. The highest BCUT2D eigenvalue weighted by molar-refractivity contribution is 5.53. The third-order valence-electron chi connectivity index (χ3n) is 7.42. The van der Waals surface area contributed by atoms with Crippen LogP contribution in [0, 0.1) is 5.92 Å². The van der Waals surface area contributed by atoms with E-state index in [1.165, 1.54) is 14.2 Å². The summed E-state index contributed by atoms with van der Waals surface area (Å²) in [4.78, 5) is 0. The lowest BCUT2D eigenvalue weighted by Crippen LogP contribution is -2.31. The fourth-order valence-electron chi connectivity index (χ4n) is 5.42. The predicted molar refractivity (Wildman–Crippen MR) is 133 cm³/mol. The van der Waals surface area contributed by atoms with Gasteiger partial charge in [0.15, 0.2) is 23.0 Å². The molecule has 0 spiro atoms. The molecule has 0 aromatic heterocycles. The largest absolute Gasteiger partial charge is 0.504 e. The van der Waals surface area contributed by atoms with Gasteiger partial charge in [-0.25, -0.2) is 0 Å². The number of methoxy groups -OCH3 is 2. The molecule has 4 rings (SSSR count). The first kappa shape index (κ1) is 25.5. The molecule has 35 heavy (non-hydrogen) atoms. The van der Waals surface area contributed by atoms with Crippen LogP contribution in [-0.2, 0) is 11.2 Å². The van der Waals surface area contributed by atoms with E-state index >= 15 is 0 Å². The quantitative estimate of drug-likeness (QED) is 0.443. The molecule has 1 saturated heterocycles. The fourth-order valence-corrected chi connectivity index (χ4v) is 5.42. The van der Waals surface area contributed by atoms with E-state index in [1.54, 1.807) is 12.1 Å². The number of phenolic OH excluding ortho intramolecular Hbond substituents is 2. The molecule has 1 aliphatic carbocycles. The van der Waals surface area contributed by atoms with Gasteiger partial charge in [-0.3, -0.25) is 0 Å². The molecule has 192 valence electrons. The minimum Gasteiger partial charge on any atom is -0.504 e. The van der Waals surface area contributed by atoms with Crippen molar-refractivity contribution >= 4 is 0 Å². The molecule has 0 radical (unpaired) electrons. The van der Waals surface area contributed by atoms with Gasteiger partial charge in [-0.2, -0.15) is 0 Å². The van der Waals surface area contributed by atoms with Crippen molar-refractivity contribution in [1.82, 2.24) is 0 Å². The number of aliphatic hydroxyl groups is 1. The van der Waals surface area contributed by atoms with E-state index in [1.807, 2.05) is 18.2 Å². The number of aryl methyl sites for hydroxylation is 1. The maximum absolute atomic E-state index is 10.7. The molecule has 2 aliphatic rings. The molecule has 7 nitrogen and oxygen atoms in total. The number of ether oxygens (including phenoxy) is 4. The van der Waals surface area contributed by atoms with E-state index in [9.17, 15) is 15.3 Å². The zero-order valence-electron chi connectivity index (χ0n) is 20.9. The smallest absolute Gasteiger partial charge is 0.200 e. The molecule has 2 aromatic carbocycles. The van der Waals surface area contributed by atoms with Gasteiger partial charge in [-0.1, -0.05) is 13.0 Å². The van der Waals surface area contributed by atoms with E-state index in [0.29, 0.717) is 36.0 Å². The summed E-state index contributed by atoms with van der Waals surface area (Å²) in [5.41, 5.74) is 1.86. The number of phenols is 2. The first-order valence-electron chi connectivity index (χ1n) is 12.7. The van der Waals surface area contributed by atoms with Gasteiger partial charge in [0.1, 0.15) is 6.10 Å². The molecule has 3 N–H and O–H groups in total. The first-order chi connectivity index (χ1) is 16.9. The van der Waals surface area contributed by atoms with Crippen LogP contribution < -0.4 is 14.2 Å². The van der Waals surface area contributed by atoms with E-state index in [4.69, 9.17) is 18.9 Å². The maximum Gasteiger partial charge on any atom is 0.200 e. The monoisotopic (exact) mass is 486 g/mol. The highest BCUT2D eigenvalue weighted by Crippen LogP contribution is 2.44. The van der Waals surface area contributed by atoms with Crippen LogP contribution in [0.2, 0.25) is 0 Å². The lowest BCUT2D eigenvalue weighted by Gasteiger charge is -2.34. The van der Waals surface area contributed by atoms with Crippen molar-refractivity contribution in [2.45, 2.75) is 82.7 Å². The van der Waals surface area contributed by atoms with Crippen LogP contribution in [0.4, 0.5) is 0 Å². The van der Waals surface area contributed by atoms with Crippen molar-refractivity contribution in [3.8, 4) is 28.7 Å². The van der Waals surface area contributed by atoms with Gasteiger partial charge >= 0.3 is 0 Å². The van der Waals surface area contributed by atoms with Crippen LogP contribution in [-0.4, -0.2) is 47.9 Å². The van der Waals surface area contributed by atoms with Gasteiger partial charge < -0.3 is 34.3 Å². The van der Waals surface area contributed by atoms with Crippen LogP contribution in [0.15, 0.2) is 30.3 Å². The summed E-state index contributed by atoms with van der Waals surface area (Å²) in [6.45, 7) is 2.18. The van der Waals surface area contributed by atoms with Gasteiger partial charge in [0.05, 0.1) is 32.5 Å². The standard InChI is InChI=1S/C28H38O7/c1-4-18-6-5-7-23(18)35-27-14-19(13-26(33-3)28(27)31)24-16-20(29)15-21(34-24)10-8-17-9-11-22(30)25(12-17)32-2/h9,11-14,18,20-21,23-24,29-31H,4-8,10,15-16H2,1-3H3. The highest BCUT2D eigenvalue weighted by Gasteiger charge is 2.32. The SMILES string of the molecule is CCC1CCCC1Oc1cc(C2CC(O)CC(CCc3ccc(O)c(OC)c3)O2)cc(OC)c1O. The summed E-state index contributed by atoms with van der Waals surface area (Å²) in [6.07, 6.45) is 5.92. The van der Waals surface area contributed by atoms with Crippen molar-refractivity contribution in [2.75, 3.05) is 14.2 Å². The van der Waals surface area contributed by atoms with Crippen LogP contribution >= 0.6 is 0 Å². The molecule has 2 fully saturated rings. The average Bonchev–Trinajstić information content (AvgIpc) is 3.31. The predicted octanol–water partition coefficient (Wildman–Crippen LogP) is 5.29. The van der Waals surface area contributed by atoms with E-state index in [2.05, 4.69) is 6.92 Å². The Hall–Kier alpha value is -2.64. The van der Waals surface area contributed by atoms with Gasteiger partial charge in [0.25, 0.3) is 0 Å². The zero-order chi connectivity index (χ0) is 24.9. The summed E-state index contributed by atoms with van der Waals surface area (Å²) in [6, 6.07) is 8.94.